The van der Waals surface area contributed by atoms with Gasteiger partial charge in [-0.25, -0.2) is 0 Å². The maximum absolute atomic E-state index is 13.5. The molecule has 0 radical (unpaired) electrons. The molecule has 0 bridgehead atoms. The van der Waals surface area contributed by atoms with E-state index in [0.29, 0.717) is 22.5 Å². The van der Waals surface area contributed by atoms with Gasteiger partial charge in [-0.2, -0.15) is 0 Å². The lowest BCUT2D eigenvalue weighted by molar-refractivity contribution is -0.0811. The minimum Gasteiger partial charge on any atom is -0.394 e. The Bertz CT molecular complexity index is 1130. The Morgan fingerprint density at radius 1 is 1.21 bits per heavy atom. The van der Waals surface area contributed by atoms with Crippen molar-refractivity contribution in [3.63, 3.8) is 0 Å². The molecule has 1 amide bonds. The molecule has 150 valence electrons. The first-order chi connectivity index (χ1) is 14.0. The number of amides is 1. The summed E-state index contributed by atoms with van der Waals surface area (Å²) in [6.07, 6.45) is 0.942. The molecule has 1 fully saturated rings. The summed E-state index contributed by atoms with van der Waals surface area (Å²) in [5.74, 6) is -0.400. The molecule has 1 aliphatic rings. The second kappa shape index (κ2) is 7.99. The number of hydrogen-bond donors (Lipinski definition) is 1. The number of rotatable bonds is 3. The molecule has 0 spiro atoms. The normalized spacial score (nSPS) is 19.5. The molecular formula is C22H21ClN2O4. The Hall–Kier alpha value is -2.67. The highest BCUT2D eigenvalue weighted by Crippen LogP contribution is 2.34. The van der Waals surface area contributed by atoms with Gasteiger partial charge in [-0.05, 0) is 23.8 Å². The van der Waals surface area contributed by atoms with E-state index >= 15 is 0 Å². The van der Waals surface area contributed by atoms with Gasteiger partial charge in [0.1, 0.15) is 11.7 Å². The van der Waals surface area contributed by atoms with Crippen molar-refractivity contribution in [1.29, 1.82) is 0 Å². The summed E-state index contributed by atoms with van der Waals surface area (Å²) < 4.78 is 7.48. The van der Waals surface area contributed by atoms with E-state index in [9.17, 15) is 14.7 Å². The monoisotopic (exact) mass is 412 g/mol. The third kappa shape index (κ3) is 3.44. The van der Waals surface area contributed by atoms with Gasteiger partial charge in [-0.1, -0.05) is 41.9 Å². The second-order valence-corrected chi connectivity index (χ2v) is 7.46. The second-order valence-electron chi connectivity index (χ2n) is 7.06. The molecule has 7 heteroatoms. The topological polar surface area (TPSA) is 71.8 Å². The average molecular weight is 413 g/mol. The van der Waals surface area contributed by atoms with Crippen molar-refractivity contribution in [2.75, 3.05) is 19.8 Å². The molecule has 0 unspecified atom stereocenters. The molecule has 3 aromatic rings. The number of ether oxygens (including phenoxy) is 1. The highest BCUT2D eigenvalue weighted by Gasteiger charge is 2.38. The van der Waals surface area contributed by atoms with Gasteiger partial charge in [0, 0.05) is 30.2 Å². The first-order valence-electron chi connectivity index (χ1n) is 9.39. The molecular weight excluding hydrogens is 392 g/mol. The maximum atomic E-state index is 13.5. The van der Waals surface area contributed by atoms with Crippen LogP contribution in [-0.4, -0.2) is 46.3 Å². The number of pyridine rings is 1. The Morgan fingerprint density at radius 3 is 2.69 bits per heavy atom. The predicted octanol–water partition coefficient (Wildman–Crippen LogP) is 2.77. The molecule has 2 atom stereocenters. The molecule has 1 N–H and O–H groups in total. The SMILES string of the molecule is Cn1cc(C(=O)N2CCO[C@@H](CO)[C@@H]2c2ccccc2Cl)c(=O)c2ccccc21. The molecule has 1 aromatic heterocycles. The molecule has 0 saturated carbocycles. The number of fused-ring (bicyclic) bond motifs is 1. The van der Waals surface area contributed by atoms with Crippen molar-refractivity contribution in [3.8, 4) is 0 Å². The molecule has 1 aliphatic heterocycles. The van der Waals surface area contributed by atoms with Crippen LogP contribution in [0, 0.1) is 0 Å². The summed E-state index contributed by atoms with van der Waals surface area (Å²) in [5, 5.41) is 10.8. The summed E-state index contributed by atoms with van der Waals surface area (Å²) in [4.78, 5) is 28.1. The molecule has 29 heavy (non-hydrogen) atoms. The van der Waals surface area contributed by atoms with Gasteiger partial charge in [0.05, 0.1) is 24.8 Å². The van der Waals surface area contributed by atoms with Gasteiger partial charge in [0.15, 0.2) is 0 Å². The van der Waals surface area contributed by atoms with Gasteiger partial charge >= 0.3 is 0 Å². The zero-order chi connectivity index (χ0) is 20.5. The number of benzene rings is 2. The Morgan fingerprint density at radius 2 is 1.93 bits per heavy atom. The molecule has 0 aliphatic carbocycles. The van der Waals surface area contributed by atoms with Crippen molar-refractivity contribution < 1.29 is 14.6 Å². The Kier molecular flexibility index (Phi) is 5.41. The first kappa shape index (κ1) is 19.6. The summed E-state index contributed by atoms with van der Waals surface area (Å²) in [5.41, 5.74) is 1.21. The van der Waals surface area contributed by atoms with Gasteiger partial charge in [-0.15, -0.1) is 0 Å². The summed E-state index contributed by atoms with van der Waals surface area (Å²) in [6, 6.07) is 13.8. The fraction of sp³-hybridized carbons (Fsp3) is 0.273. The lowest BCUT2D eigenvalue weighted by Crippen LogP contribution is -2.50. The minimum atomic E-state index is -0.628. The maximum Gasteiger partial charge on any atom is 0.260 e. The van der Waals surface area contributed by atoms with E-state index < -0.39 is 18.1 Å². The zero-order valence-electron chi connectivity index (χ0n) is 15.9. The number of carbonyl (C=O) groups is 1. The third-order valence-electron chi connectivity index (χ3n) is 5.34. The van der Waals surface area contributed by atoms with Crippen LogP contribution in [0.5, 0.6) is 0 Å². The third-order valence-corrected chi connectivity index (χ3v) is 5.69. The van der Waals surface area contributed by atoms with Crippen LogP contribution in [0.25, 0.3) is 10.9 Å². The molecule has 2 aromatic carbocycles. The molecule has 6 nitrogen and oxygen atoms in total. The Balaban J connectivity index is 1.83. The highest BCUT2D eigenvalue weighted by molar-refractivity contribution is 6.31. The number of aliphatic hydroxyl groups is 1. The van der Waals surface area contributed by atoms with E-state index in [2.05, 4.69) is 0 Å². The Labute approximate surface area is 172 Å². The number of aromatic nitrogens is 1. The van der Waals surface area contributed by atoms with Crippen LogP contribution >= 0.6 is 11.6 Å². The quantitative estimate of drug-likeness (QED) is 0.718. The number of aryl methyl sites for hydroxylation is 1. The number of aliphatic hydroxyl groups excluding tert-OH is 1. The molecule has 2 heterocycles. The summed E-state index contributed by atoms with van der Waals surface area (Å²) in [6.45, 7) is 0.294. The zero-order valence-corrected chi connectivity index (χ0v) is 16.7. The smallest absolute Gasteiger partial charge is 0.260 e. The van der Waals surface area contributed by atoms with E-state index in [1.807, 2.05) is 24.3 Å². The standard InChI is InChI=1S/C22H21ClN2O4/c1-24-12-16(21(27)15-7-3-5-9-18(15)24)22(28)25-10-11-29-19(13-26)20(25)14-6-2-4-8-17(14)23/h2-9,12,19-20,26H,10-11,13H2,1H3/t19-,20-/m0/s1. The number of hydrogen-bond acceptors (Lipinski definition) is 4. The number of carbonyl (C=O) groups excluding carboxylic acids is 1. The predicted molar refractivity (Wildman–Crippen MR) is 111 cm³/mol. The number of nitrogens with zero attached hydrogens (tertiary/aromatic N) is 2. The van der Waals surface area contributed by atoms with E-state index in [-0.39, 0.29) is 24.2 Å². The lowest BCUT2D eigenvalue weighted by atomic mass is 9.97. The minimum absolute atomic E-state index is 0.0850. The van der Waals surface area contributed by atoms with Crippen molar-refractivity contribution in [1.82, 2.24) is 9.47 Å². The fourth-order valence-electron chi connectivity index (χ4n) is 3.94. The van der Waals surface area contributed by atoms with Crippen LogP contribution in [0.1, 0.15) is 22.0 Å². The van der Waals surface area contributed by atoms with E-state index in [1.165, 1.54) is 0 Å². The van der Waals surface area contributed by atoms with Crippen LogP contribution in [0.4, 0.5) is 0 Å². The van der Waals surface area contributed by atoms with Crippen molar-refractivity contribution in [2.45, 2.75) is 12.1 Å². The summed E-state index contributed by atoms with van der Waals surface area (Å²) in [7, 11) is 1.81. The lowest BCUT2D eigenvalue weighted by Gasteiger charge is -2.41. The van der Waals surface area contributed by atoms with Crippen molar-refractivity contribution in [3.05, 3.63) is 81.1 Å². The largest absolute Gasteiger partial charge is 0.394 e. The number of halogens is 1. The van der Waals surface area contributed by atoms with Crippen LogP contribution in [0.15, 0.2) is 59.5 Å². The molecule has 1 saturated heterocycles. The highest BCUT2D eigenvalue weighted by atomic mass is 35.5. The van der Waals surface area contributed by atoms with E-state index in [4.69, 9.17) is 16.3 Å². The van der Waals surface area contributed by atoms with Crippen LogP contribution in [0.2, 0.25) is 5.02 Å². The van der Waals surface area contributed by atoms with Gasteiger partial charge in [0.25, 0.3) is 5.91 Å². The van der Waals surface area contributed by atoms with Gasteiger partial charge < -0.3 is 19.3 Å². The van der Waals surface area contributed by atoms with Crippen LogP contribution in [-0.2, 0) is 11.8 Å². The van der Waals surface area contributed by atoms with Crippen LogP contribution in [0.3, 0.4) is 0 Å². The average Bonchev–Trinajstić information content (AvgIpc) is 2.75. The van der Waals surface area contributed by atoms with E-state index in [0.717, 1.165) is 5.52 Å². The van der Waals surface area contributed by atoms with Crippen molar-refractivity contribution in [2.24, 2.45) is 7.05 Å². The number of morpholine rings is 1. The molecule has 4 rings (SSSR count). The van der Waals surface area contributed by atoms with Gasteiger partial charge in [-0.3, -0.25) is 9.59 Å². The number of para-hydroxylation sites is 1. The summed E-state index contributed by atoms with van der Waals surface area (Å²) >= 11 is 6.39. The van der Waals surface area contributed by atoms with E-state index in [1.54, 1.807) is 47.0 Å². The first-order valence-corrected chi connectivity index (χ1v) is 9.77. The fourth-order valence-corrected chi connectivity index (χ4v) is 4.19. The van der Waals surface area contributed by atoms with Crippen LogP contribution < -0.4 is 5.43 Å². The van der Waals surface area contributed by atoms with Crippen molar-refractivity contribution >= 4 is 28.4 Å². The van der Waals surface area contributed by atoms with Gasteiger partial charge in [0.2, 0.25) is 5.43 Å².